The molecule has 0 aliphatic heterocycles. The average Bonchev–Trinajstić information content (AvgIpc) is 2.70. The molecular formula is C15H18ClNO2. The van der Waals surface area contributed by atoms with E-state index in [9.17, 15) is 0 Å². The Balaban J connectivity index is 2.53. The number of benzene rings is 1. The summed E-state index contributed by atoms with van der Waals surface area (Å²) >= 11 is 6.10. The van der Waals surface area contributed by atoms with E-state index >= 15 is 0 Å². The minimum Gasteiger partial charge on any atom is -0.496 e. The van der Waals surface area contributed by atoms with Crippen LogP contribution in [0.25, 0.3) is 0 Å². The van der Waals surface area contributed by atoms with Gasteiger partial charge in [0.2, 0.25) is 0 Å². The molecule has 3 nitrogen and oxygen atoms in total. The van der Waals surface area contributed by atoms with Gasteiger partial charge in [-0.05, 0) is 45.2 Å². The van der Waals surface area contributed by atoms with Gasteiger partial charge >= 0.3 is 0 Å². The molecule has 0 radical (unpaired) electrons. The molecule has 0 saturated carbocycles. The van der Waals surface area contributed by atoms with Crippen molar-refractivity contribution in [3.05, 3.63) is 51.9 Å². The van der Waals surface area contributed by atoms with Crippen LogP contribution in [-0.2, 0) is 0 Å². The Morgan fingerprint density at radius 1 is 1.21 bits per heavy atom. The third-order valence-electron chi connectivity index (χ3n) is 3.18. The largest absolute Gasteiger partial charge is 0.496 e. The molecule has 0 saturated heterocycles. The van der Waals surface area contributed by atoms with Crippen molar-refractivity contribution < 1.29 is 9.15 Å². The molecule has 1 atom stereocenters. The molecule has 1 N–H and O–H groups in total. The van der Waals surface area contributed by atoms with Gasteiger partial charge in [0.15, 0.2) is 0 Å². The Hall–Kier alpha value is -1.45. The summed E-state index contributed by atoms with van der Waals surface area (Å²) in [5.41, 5.74) is 2.10. The fourth-order valence-electron chi connectivity index (χ4n) is 2.35. The van der Waals surface area contributed by atoms with Gasteiger partial charge in [-0.1, -0.05) is 11.6 Å². The molecule has 0 aliphatic carbocycles. The monoisotopic (exact) mass is 279 g/mol. The van der Waals surface area contributed by atoms with E-state index in [2.05, 4.69) is 5.32 Å². The van der Waals surface area contributed by atoms with Crippen molar-refractivity contribution in [3.8, 4) is 5.75 Å². The first-order valence-corrected chi connectivity index (χ1v) is 6.52. The number of methoxy groups -OCH3 is 1. The maximum atomic E-state index is 6.10. The van der Waals surface area contributed by atoms with Crippen LogP contribution in [0.1, 0.15) is 28.7 Å². The van der Waals surface area contributed by atoms with E-state index in [4.69, 9.17) is 20.8 Å². The molecule has 2 aromatic rings. The van der Waals surface area contributed by atoms with Gasteiger partial charge < -0.3 is 14.5 Å². The highest BCUT2D eigenvalue weighted by Crippen LogP contribution is 2.34. The van der Waals surface area contributed by atoms with Gasteiger partial charge in [0, 0.05) is 16.1 Å². The number of hydrogen-bond acceptors (Lipinski definition) is 3. The van der Waals surface area contributed by atoms with Crippen molar-refractivity contribution in [3.63, 3.8) is 0 Å². The number of halogens is 1. The summed E-state index contributed by atoms with van der Waals surface area (Å²) in [6.07, 6.45) is 0. The molecule has 0 aliphatic rings. The van der Waals surface area contributed by atoms with Crippen molar-refractivity contribution in [2.45, 2.75) is 19.9 Å². The van der Waals surface area contributed by atoms with Gasteiger partial charge in [-0.2, -0.15) is 0 Å². The zero-order valence-corrected chi connectivity index (χ0v) is 12.3. The predicted octanol–water partition coefficient (Wildman–Crippen LogP) is 3.87. The van der Waals surface area contributed by atoms with Crippen molar-refractivity contribution >= 4 is 11.6 Å². The second kappa shape index (κ2) is 5.68. The number of aryl methyl sites for hydroxylation is 2. The maximum absolute atomic E-state index is 6.10. The van der Waals surface area contributed by atoms with Gasteiger partial charge in [-0.15, -0.1) is 0 Å². The van der Waals surface area contributed by atoms with E-state index in [0.717, 1.165) is 28.4 Å². The molecular weight excluding hydrogens is 262 g/mol. The van der Waals surface area contributed by atoms with Gasteiger partial charge in [0.25, 0.3) is 0 Å². The van der Waals surface area contributed by atoms with Gasteiger partial charge in [0.05, 0.1) is 13.2 Å². The number of hydrogen-bond donors (Lipinski definition) is 1. The summed E-state index contributed by atoms with van der Waals surface area (Å²) in [7, 11) is 3.57. The molecule has 1 aromatic heterocycles. The Kier molecular flexibility index (Phi) is 4.17. The smallest absolute Gasteiger partial charge is 0.124 e. The first-order valence-electron chi connectivity index (χ1n) is 6.14. The van der Waals surface area contributed by atoms with E-state index in [1.807, 2.05) is 45.2 Å². The van der Waals surface area contributed by atoms with Crippen LogP contribution in [0.15, 0.2) is 28.7 Å². The molecule has 4 heteroatoms. The SMILES string of the molecule is CNC(c1cc(Cl)ccc1OC)c1cc(C)oc1C. The third-order valence-corrected chi connectivity index (χ3v) is 3.42. The van der Waals surface area contributed by atoms with E-state index < -0.39 is 0 Å². The second-order valence-corrected chi connectivity index (χ2v) is 4.91. The Morgan fingerprint density at radius 2 is 1.95 bits per heavy atom. The summed E-state index contributed by atoms with van der Waals surface area (Å²) in [4.78, 5) is 0. The van der Waals surface area contributed by atoms with E-state index in [-0.39, 0.29) is 6.04 Å². The van der Waals surface area contributed by atoms with Crippen molar-refractivity contribution in [1.29, 1.82) is 0 Å². The first-order chi connectivity index (χ1) is 9.06. The minimum absolute atomic E-state index is 0.00824. The third kappa shape index (κ3) is 2.77. The molecule has 19 heavy (non-hydrogen) atoms. The fraction of sp³-hybridized carbons (Fsp3) is 0.333. The van der Waals surface area contributed by atoms with Gasteiger partial charge in [0.1, 0.15) is 17.3 Å². The van der Waals surface area contributed by atoms with E-state index in [0.29, 0.717) is 5.02 Å². The highest BCUT2D eigenvalue weighted by atomic mass is 35.5. The van der Waals surface area contributed by atoms with Crippen molar-refractivity contribution in [1.82, 2.24) is 5.32 Å². The molecule has 102 valence electrons. The average molecular weight is 280 g/mol. The van der Waals surface area contributed by atoms with Crippen LogP contribution in [0.5, 0.6) is 5.75 Å². The highest BCUT2D eigenvalue weighted by molar-refractivity contribution is 6.30. The lowest BCUT2D eigenvalue weighted by molar-refractivity contribution is 0.405. The lowest BCUT2D eigenvalue weighted by atomic mass is 9.98. The summed E-state index contributed by atoms with van der Waals surface area (Å²) < 4.78 is 11.0. The van der Waals surface area contributed by atoms with Crippen molar-refractivity contribution in [2.75, 3.05) is 14.2 Å². The molecule has 0 bridgehead atoms. The standard InChI is InChI=1S/C15H18ClNO2/c1-9-7-12(10(2)19-9)15(17-3)13-8-11(16)5-6-14(13)18-4/h5-8,15,17H,1-4H3. The lowest BCUT2D eigenvalue weighted by Crippen LogP contribution is -2.18. The van der Waals surface area contributed by atoms with E-state index in [1.54, 1.807) is 7.11 Å². The summed E-state index contributed by atoms with van der Waals surface area (Å²) in [6.45, 7) is 3.90. The number of furan rings is 1. The van der Waals surface area contributed by atoms with Gasteiger partial charge in [-0.3, -0.25) is 0 Å². The summed E-state index contributed by atoms with van der Waals surface area (Å²) in [5.74, 6) is 2.61. The predicted molar refractivity (Wildman–Crippen MR) is 77.1 cm³/mol. The fourth-order valence-corrected chi connectivity index (χ4v) is 2.53. The summed E-state index contributed by atoms with van der Waals surface area (Å²) in [5, 5.41) is 3.98. The Morgan fingerprint density at radius 3 is 2.47 bits per heavy atom. The van der Waals surface area contributed by atoms with E-state index in [1.165, 1.54) is 0 Å². The molecule has 1 aromatic carbocycles. The minimum atomic E-state index is -0.00824. The van der Waals surface area contributed by atoms with Crippen molar-refractivity contribution in [2.24, 2.45) is 0 Å². The van der Waals surface area contributed by atoms with Crippen LogP contribution in [-0.4, -0.2) is 14.2 Å². The number of ether oxygens (including phenoxy) is 1. The zero-order chi connectivity index (χ0) is 14.0. The Bertz CT molecular complexity index is 578. The first kappa shape index (κ1) is 14.0. The lowest BCUT2D eigenvalue weighted by Gasteiger charge is -2.19. The zero-order valence-electron chi connectivity index (χ0n) is 11.6. The van der Waals surface area contributed by atoms with Crippen LogP contribution in [0.4, 0.5) is 0 Å². The quantitative estimate of drug-likeness (QED) is 0.923. The summed E-state index contributed by atoms with van der Waals surface area (Å²) in [6, 6.07) is 7.65. The Labute approximate surface area is 118 Å². The molecule has 0 spiro atoms. The number of nitrogens with one attached hydrogen (secondary N) is 1. The molecule has 2 rings (SSSR count). The van der Waals surface area contributed by atoms with Crippen LogP contribution < -0.4 is 10.1 Å². The number of rotatable bonds is 4. The molecule has 1 unspecified atom stereocenters. The topological polar surface area (TPSA) is 34.4 Å². The van der Waals surface area contributed by atoms with Crippen LogP contribution >= 0.6 is 11.6 Å². The second-order valence-electron chi connectivity index (χ2n) is 4.48. The molecule has 0 fully saturated rings. The molecule has 1 heterocycles. The maximum Gasteiger partial charge on any atom is 0.124 e. The molecule has 0 amide bonds. The normalized spacial score (nSPS) is 12.5. The van der Waals surface area contributed by atoms with Crippen LogP contribution in [0.2, 0.25) is 5.02 Å². The van der Waals surface area contributed by atoms with Crippen LogP contribution in [0.3, 0.4) is 0 Å². The van der Waals surface area contributed by atoms with Gasteiger partial charge in [-0.25, -0.2) is 0 Å². The highest BCUT2D eigenvalue weighted by Gasteiger charge is 2.21. The van der Waals surface area contributed by atoms with Crippen LogP contribution in [0, 0.1) is 13.8 Å².